The zero-order valence-corrected chi connectivity index (χ0v) is 14.0. The number of fused-ring (bicyclic) bond motifs is 1. The molecule has 0 unspecified atom stereocenters. The number of unbranched alkanes of at least 4 members (excludes halogenated alkanes) is 5. The highest BCUT2D eigenvalue weighted by Crippen LogP contribution is 2.34. The van der Waals surface area contributed by atoms with E-state index in [4.69, 9.17) is 0 Å². The van der Waals surface area contributed by atoms with Gasteiger partial charge in [0.05, 0.1) is 6.04 Å². The van der Waals surface area contributed by atoms with Crippen molar-refractivity contribution < 1.29 is 20.4 Å². The van der Waals surface area contributed by atoms with Gasteiger partial charge in [0, 0.05) is 12.3 Å². The summed E-state index contributed by atoms with van der Waals surface area (Å²) in [4.78, 5) is 6.07. The molecular weight excluding hydrogens is 304 g/mol. The molecule has 0 bridgehead atoms. The highest BCUT2D eigenvalue weighted by Gasteiger charge is 2.51. The number of nitrogens with zero attached hydrogens (tertiary/aromatic N) is 2. The lowest BCUT2D eigenvalue weighted by Gasteiger charge is -2.44. The van der Waals surface area contributed by atoms with Crippen LogP contribution in [0.5, 0.6) is 0 Å². The average Bonchev–Trinajstić information content (AvgIpc) is 2.94. The smallest absolute Gasteiger partial charge is 0.161 e. The Morgan fingerprint density at radius 1 is 1.00 bits per heavy atom. The van der Waals surface area contributed by atoms with Crippen LogP contribution in [-0.4, -0.2) is 73.4 Å². The van der Waals surface area contributed by atoms with Crippen LogP contribution in [0.25, 0.3) is 0 Å². The highest BCUT2D eigenvalue weighted by molar-refractivity contribution is 8.14. The van der Waals surface area contributed by atoms with E-state index < -0.39 is 24.5 Å². The van der Waals surface area contributed by atoms with Crippen LogP contribution in [0.2, 0.25) is 0 Å². The first-order valence-corrected chi connectivity index (χ1v) is 9.24. The molecule has 2 rings (SSSR count). The van der Waals surface area contributed by atoms with Gasteiger partial charge < -0.3 is 25.3 Å². The Morgan fingerprint density at radius 3 is 2.41 bits per heavy atom. The van der Waals surface area contributed by atoms with E-state index in [1.807, 2.05) is 0 Å². The number of amidine groups is 1. The molecule has 0 radical (unpaired) electrons. The molecule has 128 valence electrons. The summed E-state index contributed by atoms with van der Waals surface area (Å²) in [6.45, 7) is 2.89. The molecule has 0 aromatic carbocycles. The summed E-state index contributed by atoms with van der Waals surface area (Å²) in [5.74, 6) is 0.567. The molecule has 6 nitrogen and oxygen atoms in total. The maximum Gasteiger partial charge on any atom is 0.161 e. The molecule has 0 saturated carbocycles. The van der Waals surface area contributed by atoms with E-state index in [-0.39, 0.29) is 6.04 Å². The van der Waals surface area contributed by atoms with E-state index in [0.29, 0.717) is 17.5 Å². The number of hydrogen-bond acceptors (Lipinski definition) is 6. The van der Waals surface area contributed by atoms with Crippen molar-refractivity contribution in [2.24, 2.45) is 4.99 Å². The standard InChI is InChI=1S/C15H28N2O4S/c1-2-3-4-5-6-7-8-16-15-17-10(9-22-15)11(18)12(19)13(20)14(17)21/h10-14,18-21H,2-9H2,1H3/b16-15-/t10-,11-,12+,13-,14+/m1/s1. The van der Waals surface area contributed by atoms with E-state index in [0.717, 1.165) is 12.8 Å². The largest absolute Gasteiger partial charge is 0.388 e. The van der Waals surface area contributed by atoms with E-state index in [1.165, 1.54) is 37.4 Å². The molecule has 0 aromatic heterocycles. The Bertz CT molecular complexity index is 383. The SMILES string of the molecule is CCCCCCCC/N=C1\SC[C@@H]2[C@@H](O)[C@H](O)[C@@H](O)[C@H](O)N12. The van der Waals surface area contributed by atoms with Crippen molar-refractivity contribution >= 4 is 16.9 Å². The van der Waals surface area contributed by atoms with Gasteiger partial charge >= 0.3 is 0 Å². The minimum atomic E-state index is -1.37. The molecule has 0 aliphatic carbocycles. The molecule has 0 aromatic rings. The van der Waals surface area contributed by atoms with Gasteiger partial charge in [0.1, 0.15) is 18.3 Å². The van der Waals surface area contributed by atoms with Crippen LogP contribution in [0, 0.1) is 0 Å². The molecule has 22 heavy (non-hydrogen) atoms. The fourth-order valence-electron chi connectivity index (χ4n) is 2.99. The first-order valence-electron chi connectivity index (χ1n) is 8.25. The highest BCUT2D eigenvalue weighted by atomic mass is 32.2. The predicted molar refractivity (Wildman–Crippen MR) is 87.8 cm³/mol. The summed E-state index contributed by atoms with van der Waals surface area (Å²) in [7, 11) is 0. The maximum atomic E-state index is 10.1. The van der Waals surface area contributed by atoms with Crippen molar-refractivity contribution in [2.45, 2.75) is 76.0 Å². The fourth-order valence-corrected chi connectivity index (χ4v) is 4.25. The van der Waals surface area contributed by atoms with E-state index in [2.05, 4.69) is 11.9 Å². The number of rotatable bonds is 7. The Balaban J connectivity index is 1.84. The molecule has 5 atom stereocenters. The molecular formula is C15H28N2O4S. The topological polar surface area (TPSA) is 96.5 Å². The van der Waals surface area contributed by atoms with Crippen molar-refractivity contribution in [1.29, 1.82) is 0 Å². The van der Waals surface area contributed by atoms with Crippen LogP contribution < -0.4 is 0 Å². The number of hydrogen-bond donors (Lipinski definition) is 4. The second-order valence-corrected chi connectivity index (χ2v) is 7.09. The molecule has 2 aliphatic heterocycles. The van der Waals surface area contributed by atoms with E-state index >= 15 is 0 Å². The zero-order chi connectivity index (χ0) is 16.1. The minimum Gasteiger partial charge on any atom is -0.388 e. The van der Waals surface area contributed by atoms with Crippen molar-refractivity contribution in [3.8, 4) is 0 Å². The van der Waals surface area contributed by atoms with Crippen LogP contribution in [0.3, 0.4) is 0 Å². The third-order valence-corrected chi connectivity index (χ3v) is 5.51. The predicted octanol–water partition coefficient (Wildman–Crippen LogP) is 0.535. The second-order valence-electron chi connectivity index (χ2n) is 6.10. The quantitative estimate of drug-likeness (QED) is 0.508. The molecule has 2 aliphatic rings. The molecule has 2 heterocycles. The summed E-state index contributed by atoms with van der Waals surface area (Å²) in [6.07, 6.45) is 2.23. The molecule has 2 saturated heterocycles. The third kappa shape index (κ3) is 3.94. The van der Waals surface area contributed by atoms with Gasteiger partial charge in [-0.1, -0.05) is 50.8 Å². The summed E-state index contributed by atoms with van der Waals surface area (Å²) in [5, 5.41) is 40.3. The molecule has 4 N–H and O–H groups in total. The normalized spacial score (nSPS) is 36.9. The second kappa shape index (κ2) is 8.49. The van der Waals surface area contributed by atoms with Gasteiger partial charge in [-0.05, 0) is 6.42 Å². The average molecular weight is 332 g/mol. The van der Waals surface area contributed by atoms with Crippen molar-refractivity contribution in [3.63, 3.8) is 0 Å². The van der Waals surface area contributed by atoms with Gasteiger partial charge in [-0.3, -0.25) is 4.99 Å². The first kappa shape index (κ1) is 18.0. The van der Waals surface area contributed by atoms with E-state index in [1.54, 1.807) is 4.90 Å². The fraction of sp³-hybridized carbons (Fsp3) is 0.933. The molecule has 2 fully saturated rings. The number of piperidine rings is 1. The number of aliphatic hydroxyl groups is 4. The third-order valence-electron chi connectivity index (χ3n) is 4.40. The zero-order valence-electron chi connectivity index (χ0n) is 13.1. The van der Waals surface area contributed by atoms with Gasteiger partial charge in [-0.25, -0.2) is 0 Å². The molecule has 7 heteroatoms. The Morgan fingerprint density at radius 2 is 1.68 bits per heavy atom. The van der Waals surface area contributed by atoms with E-state index in [9.17, 15) is 20.4 Å². The van der Waals surface area contributed by atoms with Crippen LogP contribution in [0.15, 0.2) is 4.99 Å². The summed E-state index contributed by atoms with van der Waals surface area (Å²) < 4.78 is 0. The number of thioether (sulfide) groups is 1. The summed E-state index contributed by atoms with van der Waals surface area (Å²) >= 11 is 1.46. The summed E-state index contributed by atoms with van der Waals surface area (Å²) in [6, 6.07) is -0.387. The van der Waals surface area contributed by atoms with Crippen molar-refractivity contribution in [3.05, 3.63) is 0 Å². The van der Waals surface area contributed by atoms with Crippen LogP contribution in [0.4, 0.5) is 0 Å². The summed E-state index contributed by atoms with van der Waals surface area (Å²) in [5.41, 5.74) is 0. The Labute approximate surface area is 136 Å². The van der Waals surface area contributed by atoms with Crippen LogP contribution in [0.1, 0.15) is 45.4 Å². The van der Waals surface area contributed by atoms with Crippen LogP contribution in [-0.2, 0) is 0 Å². The lowest BCUT2D eigenvalue weighted by Crippen LogP contribution is -2.65. The van der Waals surface area contributed by atoms with Gasteiger partial charge in [0.15, 0.2) is 11.4 Å². The number of aliphatic imine (C=N–C) groups is 1. The maximum absolute atomic E-state index is 10.1. The van der Waals surface area contributed by atoms with Gasteiger partial charge in [-0.2, -0.15) is 0 Å². The van der Waals surface area contributed by atoms with Crippen LogP contribution >= 0.6 is 11.8 Å². The van der Waals surface area contributed by atoms with Crippen molar-refractivity contribution in [1.82, 2.24) is 4.90 Å². The molecule has 0 amide bonds. The lowest BCUT2D eigenvalue weighted by atomic mass is 9.94. The van der Waals surface area contributed by atoms with Gasteiger partial charge in [0.25, 0.3) is 0 Å². The number of aliphatic hydroxyl groups excluding tert-OH is 4. The Kier molecular flexibility index (Phi) is 6.95. The molecule has 0 spiro atoms. The minimum absolute atomic E-state index is 0.387. The van der Waals surface area contributed by atoms with Gasteiger partial charge in [-0.15, -0.1) is 0 Å². The Hall–Kier alpha value is -0.340. The monoisotopic (exact) mass is 332 g/mol. The van der Waals surface area contributed by atoms with Gasteiger partial charge in [0.2, 0.25) is 0 Å². The van der Waals surface area contributed by atoms with Crippen molar-refractivity contribution in [2.75, 3.05) is 12.3 Å². The first-order chi connectivity index (χ1) is 10.6. The lowest BCUT2D eigenvalue weighted by molar-refractivity contribution is -0.190.